The molecule has 9 nitrogen and oxygen atoms in total. The lowest BCUT2D eigenvalue weighted by molar-refractivity contribution is 0.419. The molecule has 0 aliphatic carbocycles. The van der Waals surface area contributed by atoms with Crippen LogP contribution in [0.2, 0.25) is 0 Å². The van der Waals surface area contributed by atoms with E-state index in [1.807, 2.05) is 24.3 Å². The molecule has 2 heterocycles. The molecule has 2 aromatic heterocycles. The van der Waals surface area contributed by atoms with E-state index in [2.05, 4.69) is 15.3 Å². The SMILES string of the molecule is COc1cccc2nc(C(=S)[C@H](C)Nc3nc(N)ncc3C#N)n(-c3ccccc3)c(=O)c12. The molecule has 3 N–H and O–H groups in total. The van der Waals surface area contributed by atoms with E-state index < -0.39 is 6.04 Å². The number of nitriles is 1. The highest BCUT2D eigenvalue weighted by atomic mass is 32.1. The third kappa shape index (κ3) is 4.09. The van der Waals surface area contributed by atoms with Crippen molar-refractivity contribution in [1.29, 1.82) is 5.26 Å². The number of nitrogens with one attached hydrogen (secondary N) is 1. The normalized spacial score (nSPS) is 11.5. The largest absolute Gasteiger partial charge is 0.496 e. The number of aromatic nitrogens is 4. The first kappa shape index (κ1) is 21.9. The summed E-state index contributed by atoms with van der Waals surface area (Å²) in [6.07, 6.45) is 1.33. The molecular formula is C23H19N7O2S. The van der Waals surface area contributed by atoms with E-state index in [1.54, 1.807) is 37.3 Å². The molecule has 4 aromatic rings. The van der Waals surface area contributed by atoms with Crippen molar-refractivity contribution in [2.24, 2.45) is 0 Å². The fraction of sp³-hybridized carbons (Fsp3) is 0.130. The van der Waals surface area contributed by atoms with Crippen molar-refractivity contribution < 1.29 is 4.74 Å². The third-order valence-electron chi connectivity index (χ3n) is 4.99. The van der Waals surface area contributed by atoms with Gasteiger partial charge in [-0.25, -0.2) is 9.97 Å². The Bertz CT molecular complexity index is 1460. The van der Waals surface area contributed by atoms with Gasteiger partial charge in [0.15, 0.2) is 5.82 Å². The number of methoxy groups -OCH3 is 1. The van der Waals surface area contributed by atoms with Gasteiger partial charge in [-0.15, -0.1) is 0 Å². The summed E-state index contributed by atoms with van der Waals surface area (Å²) in [6.45, 7) is 1.79. The molecule has 0 aliphatic rings. The van der Waals surface area contributed by atoms with Crippen LogP contribution in [0.3, 0.4) is 0 Å². The van der Waals surface area contributed by atoms with E-state index in [-0.39, 0.29) is 22.9 Å². The first-order valence-electron chi connectivity index (χ1n) is 9.93. The second kappa shape index (κ2) is 9.02. The zero-order valence-corrected chi connectivity index (χ0v) is 18.6. The number of nitrogen functional groups attached to an aromatic ring is 1. The van der Waals surface area contributed by atoms with Gasteiger partial charge in [0, 0.05) is 0 Å². The number of anilines is 2. The minimum Gasteiger partial charge on any atom is -0.496 e. The minimum absolute atomic E-state index is 0.0201. The van der Waals surface area contributed by atoms with Crippen LogP contribution in [0.1, 0.15) is 18.3 Å². The van der Waals surface area contributed by atoms with E-state index in [0.717, 1.165) is 0 Å². The Kier molecular flexibility index (Phi) is 5.97. The molecule has 0 fully saturated rings. The van der Waals surface area contributed by atoms with Crippen LogP contribution < -0.4 is 21.3 Å². The van der Waals surface area contributed by atoms with Crippen molar-refractivity contribution in [2.75, 3.05) is 18.2 Å². The molecule has 4 rings (SSSR count). The average Bonchev–Trinajstić information content (AvgIpc) is 2.83. The van der Waals surface area contributed by atoms with Crippen LogP contribution in [0.15, 0.2) is 59.5 Å². The Morgan fingerprint density at radius 2 is 1.97 bits per heavy atom. The number of benzene rings is 2. The molecular weight excluding hydrogens is 438 g/mol. The molecule has 0 saturated carbocycles. The molecule has 0 bridgehead atoms. The van der Waals surface area contributed by atoms with E-state index in [1.165, 1.54) is 17.9 Å². The number of hydrogen-bond donors (Lipinski definition) is 2. The van der Waals surface area contributed by atoms with Gasteiger partial charge in [-0.1, -0.05) is 36.5 Å². The lowest BCUT2D eigenvalue weighted by atomic mass is 10.1. The molecule has 0 unspecified atom stereocenters. The first-order chi connectivity index (χ1) is 15.9. The number of fused-ring (bicyclic) bond motifs is 1. The maximum Gasteiger partial charge on any atom is 0.270 e. The lowest BCUT2D eigenvalue weighted by Crippen LogP contribution is -2.34. The second-order valence-electron chi connectivity index (χ2n) is 7.10. The Hall–Kier alpha value is -4.36. The highest BCUT2D eigenvalue weighted by Gasteiger charge is 2.23. The van der Waals surface area contributed by atoms with Gasteiger partial charge in [0.2, 0.25) is 5.95 Å². The molecule has 0 amide bonds. The highest BCUT2D eigenvalue weighted by Crippen LogP contribution is 2.23. The van der Waals surface area contributed by atoms with Gasteiger partial charge in [-0.2, -0.15) is 10.2 Å². The summed E-state index contributed by atoms with van der Waals surface area (Å²) in [4.78, 5) is 26.7. The van der Waals surface area contributed by atoms with Crippen LogP contribution in [-0.4, -0.2) is 37.5 Å². The van der Waals surface area contributed by atoms with E-state index in [9.17, 15) is 10.1 Å². The molecule has 0 saturated heterocycles. The number of thiocarbonyl (C=S) groups is 1. The van der Waals surface area contributed by atoms with Gasteiger partial charge >= 0.3 is 0 Å². The maximum absolute atomic E-state index is 13.6. The number of rotatable bonds is 6. The Morgan fingerprint density at radius 1 is 1.21 bits per heavy atom. The van der Waals surface area contributed by atoms with Crippen LogP contribution in [0.4, 0.5) is 11.8 Å². The predicted molar refractivity (Wildman–Crippen MR) is 130 cm³/mol. The van der Waals surface area contributed by atoms with Gasteiger partial charge in [0.1, 0.15) is 28.6 Å². The topological polar surface area (TPSA) is 132 Å². The van der Waals surface area contributed by atoms with Gasteiger partial charge in [-0.05, 0) is 31.2 Å². The second-order valence-corrected chi connectivity index (χ2v) is 7.54. The zero-order valence-electron chi connectivity index (χ0n) is 17.8. The minimum atomic E-state index is -0.522. The quantitative estimate of drug-likeness (QED) is 0.331. The Balaban J connectivity index is 1.88. The number of nitrogens with two attached hydrogens (primary N) is 1. The monoisotopic (exact) mass is 457 g/mol. The predicted octanol–water partition coefficient (Wildman–Crippen LogP) is 2.86. The van der Waals surface area contributed by atoms with E-state index in [0.29, 0.717) is 33.0 Å². The summed E-state index contributed by atoms with van der Waals surface area (Å²) in [5, 5.41) is 12.8. The standard InChI is InChI=1S/C23H19N7O2S/c1-13(27-20-14(11-24)12-26-23(25)29-20)19(33)21-28-16-9-6-10-17(32-2)18(16)22(31)30(21)15-7-4-3-5-8-15/h3-10,12-13H,1-2H3,(H3,25,26,27,29)/t13-/m0/s1. The van der Waals surface area contributed by atoms with Crippen LogP contribution >= 0.6 is 12.2 Å². The van der Waals surface area contributed by atoms with Crippen molar-refractivity contribution in [3.8, 4) is 17.5 Å². The van der Waals surface area contributed by atoms with Gasteiger partial charge in [0.05, 0.1) is 35.4 Å². The number of hydrogen-bond acceptors (Lipinski definition) is 9. The molecule has 0 aliphatic heterocycles. The smallest absolute Gasteiger partial charge is 0.270 e. The zero-order chi connectivity index (χ0) is 23.5. The summed E-state index contributed by atoms with van der Waals surface area (Å²) >= 11 is 5.75. The van der Waals surface area contributed by atoms with Crippen molar-refractivity contribution in [1.82, 2.24) is 19.5 Å². The molecule has 2 aromatic carbocycles. The van der Waals surface area contributed by atoms with E-state index in [4.69, 9.17) is 27.7 Å². The Morgan fingerprint density at radius 3 is 2.67 bits per heavy atom. The number of para-hydroxylation sites is 1. The van der Waals surface area contributed by atoms with Crippen molar-refractivity contribution in [3.05, 3.63) is 76.5 Å². The van der Waals surface area contributed by atoms with Crippen LogP contribution in [0.25, 0.3) is 16.6 Å². The number of nitrogens with zero attached hydrogens (tertiary/aromatic N) is 5. The molecule has 10 heteroatoms. The third-order valence-corrected chi connectivity index (χ3v) is 5.52. The summed E-state index contributed by atoms with van der Waals surface area (Å²) in [5.41, 5.74) is 6.66. The van der Waals surface area contributed by atoms with Gasteiger partial charge < -0.3 is 15.8 Å². The first-order valence-corrected chi connectivity index (χ1v) is 10.3. The van der Waals surface area contributed by atoms with Gasteiger partial charge in [0.25, 0.3) is 5.56 Å². The summed E-state index contributed by atoms with van der Waals surface area (Å²) in [7, 11) is 1.51. The van der Waals surface area contributed by atoms with Crippen LogP contribution in [0.5, 0.6) is 5.75 Å². The average molecular weight is 458 g/mol. The highest BCUT2D eigenvalue weighted by molar-refractivity contribution is 7.81. The lowest BCUT2D eigenvalue weighted by Gasteiger charge is -2.20. The van der Waals surface area contributed by atoms with E-state index >= 15 is 0 Å². The molecule has 1 atom stereocenters. The number of ether oxygens (including phenoxy) is 1. The maximum atomic E-state index is 13.6. The molecule has 164 valence electrons. The fourth-order valence-electron chi connectivity index (χ4n) is 3.40. The molecule has 33 heavy (non-hydrogen) atoms. The summed E-state index contributed by atoms with van der Waals surface area (Å²) in [6, 6.07) is 15.8. The van der Waals surface area contributed by atoms with Crippen molar-refractivity contribution >= 4 is 39.8 Å². The summed E-state index contributed by atoms with van der Waals surface area (Å²) < 4.78 is 6.87. The van der Waals surface area contributed by atoms with Crippen molar-refractivity contribution in [3.63, 3.8) is 0 Å². The van der Waals surface area contributed by atoms with Gasteiger partial charge in [-0.3, -0.25) is 9.36 Å². The summed E-state index contributed by atoms with van der Waals surface area (Å²) in [5.74, 6) is 0.985. The van der Waals surface area contributed by atoms with Crippen molar-refractivity contribution in [2.45, 2.75) is 13.0 Å². The Labute approximate surface area is 194 Å². The fourth-order valence-corrected chi connectivity index (χ4v) is 3.60. The molecule has 0 spiro atoms. The van der Waals surface area contributed by atoms with Crippen LogP contribution in [-0.2, 0) is 0 Å². The van der Waals surface area contributed by atoms with Crippen LogP contribution in [0, 0.1) is 11.3 Å². The molecule has 0 radical (unpaired) electrons.